The van der Waals surface area contributed by atoms with Gasteiger partial charge in [0.1, 0.15) is 0 Å². The summed E-state index contributed by atoms with van der Waals surface area (Å²) in [5.41, 5.74) is 2.16. The Morgan fingerprint density at radius 2 is 1.92 bits per heavy atom. The van der Waals surface area contributed by atoms with E-state index in [9.17, 15) is 15.0 Å². The first kappa shape index (κ1) is 16.5. The van der Waals surface area contributed by atoms with Crippen molar-refractivity contribution in [2.45, 2.75) is 71.5 Å². The molecule has 2 fully saturated rings. The molecule has 0 amide bonds. The molecule has 3 nitrogen and oxygen atoms in total. The van der Waals surface area contributed by atoms with Crippen LogP contribution in [0, 0.1) is 28.6 Å². The predicted molar refractivity (Wildman–Crippen MR) is 93.2 cm³/mol. The van der Waals surface area contributed by atoms with Crippen molar-refractivity contribution in [2.24, 2.45) is 28.6 Å². The largest absolute Gasteiger partial charge is 0.393 e. The second-order valence-electron chi connectivity index (χ2n) is 9.17. The van der Waals surface area contributed by atoms with Crippen molar-refractivity contribution in [1.82, 2.24) is 0 Å². The second-order valence-corrected chi connectivity index (χ2v) is 9.17. The van der Waals surface area contributed by atoms with E-state index in [0.29, 0.717) is 18.3 Å². The van der Waals surface area contributed by atoms with Gasteiger partial charge < -0.3 is 10.2 Å². The van der Waals surface area contributed by atoms with Gasteiger partial charge in [-0.3, -0.25) is 4.79 Å². The fourth-order valence-corrected chi connectivity index (χ4v) is 6.89. The van der Waals surface area contributed by atoms with Gasteiger partial charge in [0.05, 0.1) is 12.2 Å². The first-order valence-electron chi connectivity index (χ1n) is 9.54. The van der Waals surface area contributed by atoms with Crippen molar-refractivity contribution in [3.8, 4) is 0 Å². The highest BCUT2D eigenvalue weighted by Crippen LogP contribution is 2.64. The van der Waals surface area contributed by atoms with Gasteiger partial charge in [-0.05, 0) is 74.2 Å². The summed E-state index contributed by atoms with van der Waals surface area (Å²) in [5.74, 6) is 1.34. The quantitative estimate of drug-likeness (QED) is 0.725. The molecule has 0 heterocycles. The molecule has 4 rings (SSSR count). The van der Waals surface area contributed by atoms with Crippen LogP contribution in [0.5, 0.6) is 0 Å². The molecule has 4 aliphatic rings. The van der Waals surface area contributed by atoms with Crippen molar-refractivity contribution < 1.29 is 15.0 Å². The van der Waals surface area contributed by atoms with E-state index < -0.39 is 0 Å². The number of carbonyl (C=O) groups excluding carboxylic acids is 1. The molecule has 0 bridgehead atoms. The molecule has 0 spiro atoms. The Kier molecular flexibility index (Phi) is 3.64. The molecule has 0 saturated heterocycles. The van der Waals surface area contributed by atoms with Crippen LogP contribution in [0.4, 0.5) is 0 Å². The average molecular weight is 330 g/mol. The molecule has 1 unspecified atom stereocenters. The molecule has 24 heavy (non-hydrogen) atoms. The Balaban J connectivity index is 1.72. The Labute approximate surface area is 144 Å². The van der Waals surface area contributed by atoms with Crippen LogP contribution in [0.2, 0.25) is 0 Å². The van der Waals surface area contributed by atoms with E-state index in [1.165, 1.54) is 5.57 Å². The molecular formula is C21H30O3. The number of rotatable bonds is 1. The number of Topliss-reactive ketones (excluding diaryl/α,β-unsaturated/α-hetero) is 1. The summed E-state index contributed by atoms with van der Waals surface area (Å²) in [6.45, 7) is 6.17. The van der Waals surface area contributed by atoms with E-state index in [2.05, 4.69) is 26.0 Å². The Hall–Kier alpha value is -0.930. The van der Waals surface area contributed by atoms with Crippen molar-refractivity contribution in [1.29, 1.82) is 0 Å². The lowest BCUT2D eigenvalue weighted by atomic mass is 9.46. The molecule has 0 aromatic rings. The van der Waals surface area contributed by atoms with Crippen LogP contribution in [0.3, 0.4) is 0 Å². The van der Waals surface area contributed by atoms with Crippen LogP contribution in [0.1, 0.15) is 59.3 Å². The Bertz CT molecular complexity index is 633. The summed E-state index contributed by atoms with van der Waals surface area (Å²) in [6.07, 6.45) is 9.16. The van der Waals surface area contributed by atoms with Crippen molar-refractivity contribution in [2.75, 3.05) is 0 Å². The third-order valence-corrected chi connectivity index (χ3v) is 7.97. The molecule has 4 aliphatic carbocycles. The smallest absolute Gasteiger partial charge is 0.156 e. The van der Waals surface area contributed by atoms with Crippen molar-refractivity contribution >= 4 is 5.78 Å². The number of carbonyl (C=O) groups is 1. The lowest BCUT2D eigenvalue weighted by Gasteiger charge is -2.59. The van der Waals surface area contributed by atoms with E-state index in [0.717, 1.165) is 37.7 Å². The second kappa shape index (κ2) is 5.28. The van der Waals surface area contributed by atoms with Crippen LogP contribution < -0.4 is 0 Å². The van der Waals surface area contributed by atoms with Gasteiger partial charge in [0.2, 0.25) is 0 Å². The van der Waals surface area contributed by atoms with Crippen molar-refractivity contribution in [3.63, 3.8) is 0 Å². The molecule has 0 radical (unpaired) electrons. The highest BCUT2D eigenvalue weighted by Gasteiger charge is 2.60. The monoisotopic (exact) mass is 330 g/mol. The lowest BCUT2D eigenvalue weighted by Crippen LogP contribution is -2.56. The van der Waals surface area contributed by atoms with Gasteiger partial charge in [0.25, 0.3) is 0 Å². The van der Waals surface area contributed by atoms with Crippen LogP contribution in [-0.4, -0.2) is 28.2 Å². The van der Waals surface area contributed by atoms with Gasteiger partial charge in [0.15, 0.2) is 5.78 Å². The number of aliphatic hydroxyl groups excluding tert-OH is 2. The normalized spacial score (nSPS) is 50.3. The number of allylic oxidation sites excluding steroid dienone is 3. The third-order valence-electron chi connectivity index (χ3n) is 7.97. The van der Waals surface area contributed by atoms with E-state index in [4.69, 9.17) is 0 Å². The fraction of sp³-hybridized carbons (Fsp3) is 0.762. The summed E-state index contributed by atoms with van der Waals surface area (Å²) in [4.78, 5) is 12.1. The summed E-state index contributed by atoms with van der Waals surface area (Å²) < 4.78 is 0. The Morgan fingerprint density at radius 3 is 2.62 bits per heavy atom. The molecule has 0 aromatic heterocycles. The third kappa shape index (κ3) is 2.07. The van der Waals surface area contributed by atoms with E-state index in [1.807, 2.05) is 0 Å². The minimum atomic E-state index is -0.360. The molecular weight excluding hydrogens is 300 g/mol. The van der Waals surface area contributed by atoms with Gasteiger partial charge in [-0.2, -0.15) is 0 Å². The molecule has 132 valence electrons. The van der Waals surface area contributed by atoms with E-state index >= 15 is 0 Å². The van der Waals surface area contributed by atoms with Crippen LogP contribution in [-0.2, 0) is 4.79 Å². The molecule has 2 saturated carbocycles. The highest BCUT2D eigenvalue weighted by molar-refractivity contribution is 5.95. The molecule has 3 heteroatoms. The number of aliphatic hydroxyl groups is 2. The van der Waals surface area contributed by atoms with Crippen LogP contribution >= 0.6 is 0 Å². The number of fused-ring (bicyclic) bond motifs is 5. The van der Waals surface area contributed by atoms with Gasteiger partial charge in [-0.1, -0.05) is 31.6 Å². The summed E-state index contributed by atoms with van der Waals surface area (Å²) in [6, 6.07) is 0. The maximum atomic E-state index is 12.1. The van der Waals surface area contributed by atoms with Crippen molar-refractivity contribution in [3.05, 3.63) is 23.3 Å². The van der Waals surface area contributed by atoms with Gasteiger partial charge in [-0.15, -0.1) is 0 Å². The minimum absolute atomic E-state index is 0.0157. The Morgan fingerprint density at radius 1 is 1.17 bits per heavy atom. The minimum Gasteiger partial charge on any atom is -0.393 e. The fourth-order valence-electron chi connectivity index (χ4n) is 6.89. The summed E-state index contributed by atoms with van der Waals surface area (Å²) in [7, 11) is 0. The number of hydrogen-bond donors (Lipinski definition) is 2. The first-order valence-corrected chi connectivity index (χ1v) is 9.54. The van der Waals surface area contributed by atoms with Gasteiger partial charge in [-0.25, -0.2) is 0 Å². The SMILES string of the molecule is CC(=O)C1=CC[C@H]2[C@@H]3CC=C4C[C@@H](O)CC[C@]4(C)[C@H]3C(O)C[C@]12C. The summed E-state index contributed by atoms with van der Waals surface area (Å²) >= 11 is 0. The number of hydrogen-bond acceptors (Lipinski definition) is 3. The van der Waals surface area contributed by atoms with E-state index in [1.54, 1.807) is 6.92 Å². The highest BCUT2D eigenvalue weighted by atomic mass is 16.3. The number of ketones is 1. The lowest BCUT2D eigenvalue weighted by molar-refractivity contribution is -0.122. The maximum Gasteiger partial charge on any atom is 0.156 e. The molecule has 2 N–H and O–H groups in total. The van der Waals surface area contributed by atoms with E-state index in [-0.39, 0.29) is 34.7 Å². The standard InChI is InChI=1S/C21H30O3/c1-12(22)16-6-7-17-15-5-4-13-10-14(23)8-9-20(13,2)19(15)18(24)11-21(16,17)3/h4,6,14-15,17-19,23-24H,5,7-11H2,1-3H3/t14-,15-,17-,18?,19+,20-,21+/m0/s1. The zero-order chi connectivity index (χ0) is 17.3. The zero-order valence-electron chi connectivity index (χ0n) is 15.1. The maximum absolute atomic E-state index is 12.1. The molecule has 7 atom stereocenters. The van der Waals surface area contributed by atoms with Gasteiger partial charge in [0, 0.05) is 5.41 Å². The topological polar surface area (TPSA) is 57.5 Å². The molecule has 0 aliphatic heterocycles. The summed E-state index contributed by atoms with van der Waals surface area (Å²) in [5, 5.41) is 21.2. The van der Waals surface area contributed by atoms with Crippen LogP contribution in [0.15, 0.2) is 23.3 Å². The van der Waals surface area contributed by atoms with Gasteiger partial charge >= 0.3 is 0 Å². The van der Waals surface area contributed by atoms with Crippen LogP contribution in [0.25, 0.3) is 0 Å². The predicted octanol–water partition coefficient (Wildman–Crippen LogP) is 3.41. The first-order chi connectivity index (χ1) is 11.3. The average Bonchev–Trinajstić information content (AvgIpc) is 2.84. The molecule has 0 aromatic carbocycles. The zero-order valence-corrected chi connectivity index (χ0v) is 15.1.